The van der Waals surface area contributed by atoms with Gasteiger partial charge in [-0.1, -0.05) is 200 Å². The number of phenols is 2. The number of hydrogen-bond acceptors (Lipinski definition) is 14. The van der Waals surface area contributed by atoms with E-state index in [0.29, 0.717) is 24.8 Å². The molecule has 1 aromatic rings. The van der Waals surface area contributed by atoms with E-state index in [4.69, 9.17) is 33.7 Å². The summed E-state index contributed by atoms with van der Waals surface area (Å²) in [5.74, 6) is -2.53. The number of esters is 3. The van der Waals surface area contributed by atoms with Gasteiger partial charge in [-0.05, 0) is 37.0 Å². The second kappa shape index (κ2) is 47.2. The molecule has 16 nitrogen and oxygen atoms in total. The van der Waals surface area contributed by atoms with Crippen molar-refractivity contribution in [2.24, 2.45) is 5.73 Å². The first-order chi connectivity index (χ1) is 35.4. The van der Waals surface area contributed by atoms with Crippen molar-refractivity contribution in [3.63, 3.8) is 0 Å². The molecule has 424 valence electrons. The summed E-state index contributed by atoms with van der Waals surface area (Å²) in [5, 5.41) is 21.6. The van der Waals surface area contributed by atoms with Gasteiger partial charge in [-0.2, -0.15) is 0 Å². The van der Waals surface area contributed by atoms with Gasteiger partial charge in [0, 0.05) is 38.8 Å². The maximum atomic E-state index is 12.9. The maximum Gasteiger partial charge on any atom is 0.472 e. The summed E-state index contributed by atoms with van der Waals surface area (Å²) < 4.78 is 44.6. The number of carbonyl (C=O) groups excluding carboxylic acids is 4. The summed E-state index contributed by atoms with van der Waals surface area (Å²) >= 11 is 0. The normalized spacial score (nSPS) is 13.0. The van der Waals surface area contributed by atoms with Gasteiger partial charge in [-0.3, -0.25) is 28.2 Å². The fraction of sp³-hybridized carbons (Fsp3) is 0.821. The third kappa shape index (κ3) is 42.6. The Hall–Kier alpha value is -3.27. The van der Waals surface area contributed by atoms with Crippen LogP contribution >= 0.6 is 7.82 Å². The molecule has 0 bridgehead atoms. The molecule has 73 heavy (non-hydrogen) atoms. The Kier molecular flexibility index (Phi) is 43.8. The van der Waals surface area contributed by atoms with E-state index in [0.717, 1.165) is 38.5 Å². The van der Waals surface area contributed by atoms with E-state index in [2.05, 4.69) is 19.2 Å². The number of amides is 1. The number of hydrogen-bond donors (Lipinski definition) is 5. The predicted octanol–water partition coefficient (Wildman–Crippen LogP) is 12.5. The highest BCUT2D eigenvalue weighted by Gasteiger charge is 2.26. The Morgan fingerprint density at radius 3 is 1.52 bits per heavy atom. The van der Waals surface area contributed by atoms with E-state index in [1.165, 1.54) is 153 Å². The van der Waals surface area contributed by atoms with Crippen LogP contribution in [0.1, 0.15) is 238 Å². The number of ether oxygens (including phenoxy) is 4. The summed E-state index contributed by atoms with van der Waals surface area (Å²) in [6.07, 6.45) is 36.1. The van der Waals surface area contributed by atoms with Crippen molar-refractivity contribution >= 4 is 31.6 Å². The van der Waals surface area contributed by atoms with E-state index in [1.807, 2.05) is 0 Å². The van der Waals surface area contributed by atoms with E-state index in [1.54, 1.807) is 6.07 Å². The van der Waals surface area contributed by atoms with Crippen molar-refractivity contribution in [2.45, 2.75) is 251 Å². The molecule has 0 aliphatic heterocycles. The Balaban J connectivity index is 2.36. The molecule has 0 fully saturated rings. The number of rotatable bonds is 52. The number of unbranched alkanes of at least 4 members (excludes halogenated alkanes) is 28. The maximum absolute atomic E-state index is 12.9. The standard InChI is InChI=1S/C56H101N2O14P/c1-3-5-7-9-11-13-15-17-19-21-23-25-27-29-31-34-54(62)69-46-49(72-55(63)35-32-30-28-26-24-22-20-18-16-14-12-10-8-6-4-2)47-71-73(65,66)70-43-39-58-53(61)38-42-67-40-33-41-68-56(64)50(57)44-48-36-37-51(59)52(60)45-48/h36-37,45,49-50,59-60H,3-35,38-44,46-47,57H2,1-2H3,(H,58,61)(H,65,66)/t49-,50+/m1/s1. The van der Waals surface area contributed by atoms with Crippen LogP contribution in [0.15, 0.2) is 18.2 Å². The van der Waals surface area contributed by atoms with Crippen molar-refractivity contribution in [3.05, 3.63) is 23.8 Å². The van der Waals surface area contributed by atoms with Gasteiger partial charge < -0.3 is 45.1 Å². The molecular weight excluding hydrogens is 956 g/mol. The monoisotopic (exact) mass is 1060 g/mol. The van der Waals surface area contributed by atoms with Crippen molar-refractivity contribution in [1.29, 1.82) is 0 Å². The van der Waals surface area contributed by atoms with Crippen LogP contribution in [0.5, 0.6) is 11.5 Å². The van der Waals surface area contributed by atoms with Gasteiger partial charge >= 0.3 is 25.7 Å². The molecule has 0 heterocycles. The number of carbonyl (C=O) groups is 4. The first kappa shape index (κ1) is 67.7. The Morgan fingerprint density at radius 2 is 1.03 bits per heavy atom. The Morgan fingerprint density at radius 1 is 0.548 bits per heavy atom. The van der Waals surface area contributed by atoms with Crippen LogP contribution in [0.3, 0.4) is 0 Å². The molecule has 1 rings (SSSR count). The van der Waals surface area contributed by atoms with Gasteiger partial charge in [0.2, 0.25) is 5.91 Å². The Labute approximate surface area is 440 Å². The lowest BCUT2D eigenvalue weighted by Gasteiger charge is -2.20. The molecule has 0 spiro atoms. The zero-order chi connectivity index (χ0) is 53.5. The molecule has 1 amide bonds. The quantitative estimate of drug-likeness (QED) is 0.0134. The summed E-state index contributed by atoms with van der Waals surface area (Å²) in [6.45, 7) is 3.53. The van der Waals surface area contributed by atoms with E-state index < -0.39 is 44.5 Å². The number of benzene rings is 1. The Bertz CT molecular complexity index is 1590. The number of aromatic hydroxyl groups is 2. The van der Waals surface area contributed by atoms with Gasteiger partial charge in [0.1, 0.15) is 12.6 Å². The highest BCUT2D eigenvalue weighted by Crippen LogP contribution is 2.43. The summed E-state index contributed by atoms with van der Waals surface area (Å²) in [4.78, 5) is 60.3. The van der Waals surface area contributed by atoms with Crippen LogP contribution in [0.2, 0.25) is 0 Å². The van der Waals surface area contributed by atoms with Gasteiger partial charge in [0.25, 0.3) is 0 Å². The van der Waals surface area contributed by atoms with Crippen LogP contribution in [-0.4, -0.2) is 97.3 Å². The molecule has 3 atom stereocenters. The van der Waals surface area contributed by atoms with E-state index in [-0.39, 0.29) is 82.7 Å². The summed E-state index contributed by atoms with van der Waals surface area (Å²) in [6, 6.07) is 3.22. The lowest BCUT2D eigenvalue weighted by Crippen LogP contribution is -2.34. The van der Waals surface area contributed by atoms with Gasteiger partial charge in [0.05, 0.1) is 26.4 Å². The van der Waals surface area contributed by atoms with Gasteiger partial charge in [-0.25, -0.2) is 4.57 Å². The predicted molar refractivity (Wildman–Crippen MR) is 287 cm³/mol. The molecule has 0 radical (unpaired) electrons. The molecule has 17 heteroatoms. The molecule has 0 saturated carbocycles. The zero-order valence-electron chi connectivity index (χ0n) is 45.4. The highest BCUT2D eigenvalue weighted by atomic mass is 31.2. The fourth-order valence-corrected chi connectivity index (χ4v) is 9.05. The van der Waals surface area contributed by atoms with Gasteiger partial charge in [0.15, 0.2) is 17.6 Å². The summed E-state index contributed by atoms with van der Waals surface area (Å²) in [5.41, 5.74) is 6.45. The SMILES string of the molecule is CCCCCCCCCCCCCCCCCC(=O)OC[C@H](COP(=O)(O)OCCNC(=O)CCOCCCOC(=O)[C@@H](N)Cc1ccc(O)c(O)c1)OC(=O)CCCCCCCCCCCCCCCCC. The molecule has 1 aromatic carbocycles. The smallest absolute Gasteiger partial charge is 0.472 e. The van der Waals surface area contributed by atoms with Crippen LogP contribution < -0.4 is 11.1 Å². The number of phosphoric acid groups is 1. The topological polar surface area (TPSA) is 239 Å². The van der Waals surface area contributed by atoms with Crippen molar-refractivity contribution in [1.82, 2.24) is 5.32 Å². The molecule has 0 aliphatic rings. The van der Waals surface area contributed by atoms with Crippen LogP contribution in [-0.2, 0) is 58.2 Å². The van der Waals surface area contributed by atoms with Crippen molar-refractivity contribution in [3.8, 4) is 11.5 Å². The average Bonchev–Trinajstić information content (AvgIpc) is 3.36. The number of phosphoric ester groups is 1. The first-order valence-electron chi connectivity index (χ1n) is 28.6. The summed E-state index contributed by atoms with van der Waals surface area (Å²) in [7, 11) is -4.64. The second-order valence-electron chi connectivity index (χ2n) is 19.7. The van der Waals surface area contributed by atoms with Crippen LogP contribution in [0.25, 0.3) is 0 Å². The minimum atomic E-state index is -4.64. The fourth-order valence-electron chi connectivity index (χ4n) is 8.30. The number of phenolic OH excluding ortho intramolecular Hbond substituents is 2. The third-order valence-corrected chi connectivity index (χ3v) is 13.7. The number of nitrogens with two attached hydrogens (primary N) is 1. The van der Waals surface area contributed by atoms with Gasteiger partial charge in [-0.15, -0.1) is 0 Å². The lowest BCUT2D eigenvalue weighted by atomic mass is 10.0. The van der Waals surface area contributed by atoms with Crippen LogP contribution in [0.4, 0.5) is 0 Å². The van der Waals surface area contributed by atoms with E-state index in [9.17, 15) is 38.8 Å². The van der Waals surface area contributed by atoms with Crippen molar-refractivity contribution in [2.75, 3.05) is 46.2 Å². The third-order valence-electron chi connectivity index (χ3n) is 12.7. The van der Waals surface area contributed by atoms with Crippen LogP contribution in [0, 0.1) is 0 Å². The lowest BCUT2D eigenvalue weighted by molar-refractivity contribution is -0.161. The highest BCUT2D eigenvalue weighted by molar-refractivity contribution is 7.47. The molecule has 0 aromatic heterocycles. The zero-order valence-corrected chi connectivity index (χ0v) is 46.3. The minimum Gasteiger partial charge on any atom is -0.504 e. The largest absolute Gasteiger partial charge is 0.504 e. The molecule has 0 aliphatic carbocycles. The molecule has 0 saturated heterocycles. The van der Waals surface area contributed by atoms with Crippen molar-refractivity contribution < 1.29 is 66.8 Å². The second-order valence-corrected chi connectivity index (χ2v) is 21.1. The number of nitrogens with one attached hydrogen (secondary N) is 1. The molecule has 1 unspecified atom stereocenters. The molecule has 6 N–H and O–H groups in total. The first-order valence-corrected chi connectivity index (χ1v) is 30.1. The average molecular weight is 1060 g/mol. The minimum absolute atomic E-state index is 0.00201. The molecular formula is C56H101N2O14P. The van der Waals surface area contributed by atoms with E-state index >= 15 is 0 Å².